The molecule has 1 aliphatic rings. The Balaban J connectivity index is 1.76. The van der Waals surface area contributed by atoms with Crippen molar-refractivity contribution in [2.45, 2.75) is 24.8 Å². The van der Waals surface area contributed by atoms with Gasteiger partial charge in [-0.2, -0.15) is 0 Å². The Morgan fingerprint density at radius 2 is 1.76 bits per heavy atom. The molecule has 3 N–H and O–H groups in total. The van der Waals surface area contributed by atoms with E-state index in [1.54, 1.807) is 36.7 Å². The molecular weight excluding hydrogens is 327 g/mol. The van der Waals surface area contributed by atoms with Crippen molar-refractivity contribution < 1.29 is 23.9 Å². The molecule has 0 saturated carbocycles. The normalized spacial score (nSPS) is 22.4. The molecule has 0 unspecified atom stereocenters. The van der Waals surface area contributed by atoms with Gasteiger partial charge < -0.3 is 10.1 Å². The summed E-state index contributed by atoms with van der Waals surface area (Å²) in [4.78, 5) is 23.8. The maximum absolute atomic E-state index is 12.9. The molecule has 0 aromatic heterocycles. The minimum atomic E-state index is -0.883. The van der Waals surface area contributed by atoms with Crippen LogP contribution in [0.5, 0.6) is 11.5 Å². The number of nitrogens with one attached hydrogen (secondary N) is 2. The third kappa shape index (κ3) is 3.32. The fraction of sp³-hybridized carbons (Fsp3) is 0.222. The second kappa shape index (κ2) is 6.52. The summed E-state index contributed by atoms with van der Waals surface area (Å²) in [7, 11) is 0. The van der Waals surface area contributed by atoms with Crippen LogP contribution in [0.25, 0.3) is 0 Å². The Kier molecular flexibility index (Phi) is 4.41. The van der Waals surface area contributed by atoms with Crippen molar-refractivity contribution >= 4 is 11.8 Å². The number of hydrogen-bond donors (Lipinski definition) is 3. The third-order valence-electron chi connectivity index (χ3n) is 4.39. The van der Waals surface area contributed by atoms with Gasteiger partial charge in [0.1, 0.15) is 23.4 Å². The molecule has 0 bridgehead atoms. The zero-order valence-corrected chi connectivity index (χ0v) is 13.5. The molecule has 0 aliphatic carbocycles. The van der Waals surface area contributed by atoms with E-state index in [1.807, 2.05) is 0 Å². The first-order valence-corrected chi connectivity index (χ1v) is 7.71. The first kappa shape index (κ1) is 16.9. The van der Waals surface area contributed by atoms with E-state index in [0.29, 0.717) is 11.5 Å². The molecule has 3 rings (SSSR count). The highest BCUT2D eigenvalue weighted by Crippen LogP contribution is 2.35. The van der Waals surface area contributed by atoms with Crippen LogP contribution >= 0.6 is 0 Å². The van der Waals surface area contributed by atoms with E-state index < -0.39 is 17.4 Å². The Morgan fingerprint density at radius 3 is 2.32 bits per heavy atom. The first-order chi connectivity index (χ1) is 11.9. The molecule has 2 aromatic rings. The first-order valence-electron chi connectivity index (χ1n) is 7.71. The number of amides is 2. The van der Waals surface area contributed by atoms with Crippen LogP contribution in [0.4, 0.5) is 4.39 Å². The highest BCUT2D eigenvalue weighted by atomic mass is 19.1. The highest BCUT2D eigenvalue weighted by Gasteiger charge is 2.46. The Labute approximate surface area is 143 Å². The van der Waals surface area contributed by atoms with Gasteiger partial charge in [0.05, 0.1) is 5.41 Å². The van der Waals surface area contributed by atoms with Crippen LogP contribution in [0.1, 0.15) is 18.9 Å². The Hall–Kier alpha value is -2.93. The number of rotatable bonds is 4. The van der Waals surface area contributed by atoms with E-state index in [0.717, 1.165) is 5.56 Å². The topological polar surface area (TPSA) is 87.7 Å². The quantitative estimate of drug-likeness (QED) is 0.586. The van der Waals surface area contributed by atoms with Gasteiger partial charge in [-0.1, -0.05) is 12.1 Å². The smallest absolute Gasteiger partial charge is 0.265 e. The van der Waals surface area contributed by atoms with Crippen LogP contribution < -0.4 is 15.5 Å². The van der Waals surface area contributed by atoms with Crippen LogP contribution in [-0.4, -0.2) is 23.1 Å². The SMILES string of the molecule is C[C@@]1(c2ccc(Oc3ccc(F)cc3)cc2)C[C@H](C(=O)NO)NC1=O. The van der Waals surface area contributed by atoms with E-state index in [9.17, 15) is 14.0 Å². The largest absolute Gasteiger partial charge is 0.457 e. The zero-order valence-electron chi connectivity index (χ0n) is 13.5. The van der Waals surface area contributed by atoms with E-state index in [1.165, 1.54) is 24.3 Å². The van der Waals surface area contributed by atoms with Gasteiger partial charge in [-0.25, -0.2) is 9.87 Å². The summed E-state index contributed by atoms with van der Waals surface area (Å²) in [5.74, 6) is -0.230. The molecule has 2 aromatic carbocycles. The van der Waals surface area contributed by atoms with E-state index in [-0.39, 0.29) is 18.1 Å². The van der Waals surface area contributed by atoms with Crippen LogP contribution in [0.15, 0.2) is 48.5 Å². The molecule has 6 nitrogen and oxygen atoms in total. The van der Waals surface area contributed by atoms with Gasteiger partial charge in [0.2, 0.25) is 5.91 Å². The molecule has 2 amide bonds. The monoisotopic (exact) mass is 344 g/mol. The summed E-state index contributed by atoms with van der Waals surface area (Å²) >= 11 is 0. The summed E-state index contributed by atoms with van der Waals surface area (Å²) in [6.45, 7) is 1.74. The predicted octanol–water partition coefficient (Wildman–Crippen LogP) is 2.27. The average molecular weight is 344 g/mol. The molecular formula is C18H17FN2O4. The molecule has 0 spiro atoms. The molecule has 0 radical (unpaired) electrons. The minimum absolute atomic E-state index is 0.233. The van der Waals surface area contributed by atoms with Crippen molar-refractivity contribution in [3.8, 4) is 11.5 Å². The molecule has 130 valence electrons. The van der Waals surface area contributed by atoms with Crippen molar-refractivity contribution in [2.24, 2.45) is 0 Å². The summed E-state index contributed by atoms with van der Waals surface area (Å²) in [6, 6.07) is 11.8. The van der Waals surface area contributed by atoms with Gasteiger partial charge >= 0.3 is 0 Å². The number of hydrogen-bond acceptors (Lipinski definition) is 4. The minimum Gasteiger partial charge on any atom is -0.457 e. The van der Waals surface area contributed by atoms with E-state index in [2.05, 4.69) is 5.32 Å². The summed E-state index contributed by atoms with van der Waals surface area (Å²) in [6.07, 6.45) is 0.233. The number of ether oxygens (including phenoxy) is 1. The lowest BCUT2D eigenvalue weighted by Crippen LogP contribution is -2.40. The van der Waals surface area contributed by atoms with Crippen molar-refractivity contribution in [2.75, 3.05) is 0 Å². The lowest BCUT2D eigenvalue weighted by molar-refractivity contribution is -0.132. The second-order valence-electron chi connectivity index (χ2n) is 6.12. The third-order valence-corrected chi connectivity index (χ3v) is 4.39. The van der Waals surface area contributed by atoms with Gasteiger partial charge in [0.25, 0.3) is 5.91 Å². The van der Waals surface area contributed by atoms with Crippen molar-refractivity contribution in [3.05, 3.63) is 59.9 Å². The van der Waals surface area contributed by atoms with Crippen molar-refractivity contribution in [1.29, 1.82) is 0 Å². The maximum atomic E-state index is 12.9. The number of carbonyl (C=O) groups excluding carboxylic acids is 2. The zero-order chi connectivity index (χ0) is 18.0. The molecule has 1 heterocycles. The van der Waals surface area contributed by atoms with E-state index >= 15 is 0 Å². The van der Waals surface area contributed by atoms with Crippen LogP contribution in [-0.2, 0) is 15.0 Å². The predicted molar refractivity (Wildman–Crippen MR) is 86.7 cm³/mol. The molecule has 2 atom stereocenters. The van der Waals surface area contributed by atoms with Crippen LogP contribution in [0, 0.1) is 5.82 Å². The van der Waals surface area contributed by atoms with Crippen molar-refractivity contribution in [1.82, 2.24) is 10.8 Å². The number of halogens is 1. The number of hydroxylamine groups is 1. The van der Waals surface area contributed by atoms with Crippen LogP contribution in [0.2, 0.25) is 0 Å². The summed E-state index contributed by atoms with van der Waals surface area (Å²) < 4.78 is 18.5. The fourth-order valence-corrected chi connectivity index (χ4v) is 2.88. The summed E-state index contributed by atoms with van der Waals surface area (Å²) in [5, 5.41) is 11.3. The number of benzene rings is 2. The summed E-state index contributed by atoms with van der Waals surface area (Å²) in [5.41, 5.74) is 1.40. The van der Waals surface area contributed by atoms with Crippen LogP contribution in [0.3, 0.4) is 0 Å². The second-order valence-corrected chi connectivity index (χ2v) is 6.12. The van der Waals surface area contributed by atoms with Gasteiger partial charge in [-0.15, -0.1) is 0 Å². The van der Waals surface area contributed by atoms with Gasteiger partial charge in [0, 0.05) is 0 Å². The molecule has 1 saturated heterocycles. The molecule has 1 aliphatic heterocycles. The maximum Gasteiger partial charge on any atom is 0.265 e. The average Bonchev–Trinajstić information content (AvgIpc) is 2.93. The lowest BCUT2D eigenvalue weighted by Gasteiger charge is -2.21. The molecule has 7 heteroatoms. The fourth-order valence-electron chi connectivity index (χ4n) is 2.88. The van der Waals surface area contributed by atoms with Crippen molar-refractivity contribution in [3.63, 3.8) is 0 Å². The van der Waals surface area contributed by atoms with Gasteiger partial charge in [0.15, 0.2) is 0 Å². The lowest BCUT2D eigenvalue weighted by atomic mass is 9.80. The van der Waals surface area contributed by atoms with E-state index in [4.69, 9.17) is 9.94 Å². The Bertz CT molecular complexity index is 792. The highest BCUT2D eigenvalue weighted by molar-refractivity contribution is 5.96. The van der Waals surface area contributed by atoms with Gasteiger partial charge in [-0.05, 0) is 55.3 Å². The molecule has 1 fully saturated rings. The Morgan fingerprint density at radius 1 is 1.20 bits per heavy atom. The molecule has 25 heavy (non-hydrogen) atoms. The van der Waals surface area contributed by atoms with Gasteiger partial charge in [-0.3, -0.25) is 14.8 Å². The standard InChI is InChI=1S/C18H17FN2O4/c1-18(10-15(16(22)21-24)20-17(18)23)11-2-6-13(7-3-11)25-14-8-4-12(19)5-9-14/h2-9,15,24H,10H2,1H3,(H,20,23)(H,21,22)/t15-,18+/m1/s1. The number of carbonyl (C=O) groups is 2.